The van der Waals surface area contributed by atoms with Gasteiger partial charge in [-0.2, -0.15) is 4.31 Å². The van der Waals surface area contributed by atoms with Crippen LogP contribution in [0.15, 0.2) is 29.2 Å². The highest BCUT2D eigenvalue weighted by Crippen LogP contribution is 2.20. The summed E-state index contributed by atoms with van der Waals surface area (Å²) in [5.74, 6) is 0.662. The minimum Gasteiger partial charge on any atom is -0.497 e. The van der Waals surface area contributed by atoms with Gasteiger partial charge in [0.15, 0.2) is 0 Å². The van der Waals surface area contributed by atoms with Gasteiger partial charge in [-0.15, -0.1) is 12.4 Å². The molecule has 1 heterocycles. The Labute approximate surface area is 127 Å². The van der Waals surface area contributed by atoms with E-state index in [0.717, 1.165) is 19.5 Å². The molecule has 114 valence electrons. The first-order valence-electron chi connectivity index (χ1n) is 6.37. The van der Waals surface area contributed by atoms with Gasteiger partial charge in [-0.25, -0.2) is 8.42 Å². The zero-order valence-electron chi connectivity index (χ0n) is 11.8. The second-order valence-corrected chi connectivity index (χ2v) is 6.67. The molecule has 0 radical (unpaired) electrons. The van der Waals surface area contributed by atoms with E-state index in [0.29, 0.717) is 23.7 Å². The molecule has 0 bridgehead atoms. The van der Waals surface area contributed by atoms with Crippen LogP contribution in [0.2, 0.25) is 0 Å². The fraction of sp³-hybridized carbons (Fsp3) is 0.538. The lowest BCUT2D eigenvalue weighted by molar-refractivity contribution is 0.347. The summed E-state index contributed by atoms with van der Waals surface area (Å²) >= 11 is 0. The van der Waals surface area contributed by atoms with Crippen molar-refractivity contribution in [3.63, 3.8) is 0 Å². The lowest BCUT2D eigenvalue weighted by Gasteiger charge is -2.20. The fourth-order valence-corrected chi connectivity index (χ4v) is 3.63. The van der Waals surface area contributed by atoms with E-state index in [1.54, 1.807) is 35.7 Å². The van der Waals surface area contributed by atoms with Crippen molar-refractivity contribution in [1.82, 2.24) is 9.21 Å². The molecule has 0 aliphatic carbocycles. The Bertz CT molecular complexity index is 519. The highest BCUT2D eigenvalue weighted by Gasteiger charge is 2.25. The zero-order chi connectivity index (χ0) is 13.9. The summed E-state index contributed by atoms with van der Waals surface area (Å²) in [7, 11) is 0.198. The van der Waals surface area contributed by atoms with Crippen molar-refractivity contribution in [2.75, 3.05) is 40.3 Å². The van der Waals surface area contributed by atoms with E-state index in [2.05, 4.69) is 4.90 Å². The molecule has 20 heavy (non-hydrogen) atoms. The van der Waals surface area contributed by atoms with Crippen LogP contribution < -0.4 is 4.74 Å². The number of likely N-dealkylation sites (N-methyl/N-ethyl adjacent to an activating group) is 1. The van der Waals surface area contributed by atoms with Gasteiger partial charge in [0.25, 0.3) is 0 Å². The number of nitrogens with zero attached hydrogens (tertiary/aromatic N) is 2. The minimum absolute atomic E-state index is 0. The first-order chi connectivity index (χ1) is 9.04. The lowest BCUT2D eigenvalue weighted by atomic mass is 10.3. The number of ether oxygens (including phenoxy) is 1. The summed E-state index contributed by atoms with van der Waals surface area (Å²) in [6, 6.07) is 6.55. The van der Waals surface area contributed by atoms with E-state index in [4.69, 9.17) is 4.74 Å². The molecule has 7 heteroatoms. The van der Waals surface area contributed by atoms with Gasteiger partial charge in [-0.1, -0.05) is 0 Å². The van der Waals surface area contributed by atoms with Gasteiger partial charge < -0.3 is 9.64 Å². The first-order valence-corrected chi connectivity index (χ1v) is 7.81. The smallest absolute Gasteiger partial charge is 0.243 e. The molecular formula is C13H21ClN2O3S. The molecule has 0 N–H and O–H groups in total. The molecule has 1 aromatic rings. The molecule has 0 saturated carbocycles. The van der Waals surface area contributed by atoms with Crippen molar-refractivity contribution in [2.24, 2.45) is 0 Å². The van der Waals surface area contributed by atoms with E-state index in [1.165, 1.54) is 0 Å². The number of hydrogen-bond donors (Lipinski definition) is 0. The van der Waals surface area contributed by atoms with Crippen molar-refractivity contribution in [3.8, 4) is 5.75 Å². The third kappa shape index (κ3) is 3.85. The topological polar surface area (TPSA) is 49.9 Å². The molecule has 0 amide bonds. The third-order valence-corrected chi connectivity index (χ3v) is 5.29. The van der Waals surface area contributed by atoms with Crippen molar-refractivity contribution in [2.45, 2.75) is 11.3 Å². The van der Waals surface area contributed by atoms with E-state index in [-0.39, 0.29) is 12.4 Å². The number of hydrogen-bond acceptors (Lipinski definition) is 4. The first kappa shape index (κ1) is 17.2. The summed E-state index contributed by atoms with van der Waals surface area (Å²) in [5, 5.41) is 0. The third-order valence-electron chi connectivity index (χ3n) is 3.38. The largest absolute Gasteiger partial charge is 0.497 e. The molecule has 0 spiro atoms. The standard InChI is InChI=1S/C13H20N2O3S.ClH/c1-14-8-3-9-15(11-10-14)19(16,17)13-6-4-12(18-2)5-7-13;/h4-7H,3,8-11H2,1-2H3;1H. The molecule has 5 nitrogen and oxygen atoms in total. The van der Waals surface area contributed by atoms with Gasteiger partial charge in [0.2, 0.25) is 10.0 Å². The lowest BCUT2D eigenvalue weighted by Crippen LogP contribution is -2.34. The Hall–Kier alpha value is -0.820. The summed E-state index contributed by atoms with van der Waals surface area (Å²) in [6.45, 7) is 2.84. The summed E-state index contributed by atoms with van der Waals surface area (Å²) in [4.78, 5) is 2.49. The Balaban J connectivity index is 0.00000200. The van der Waals surface area contributed by atoms with Crippen LogP contribution >= 0.6 is 12.4 Å². The van der Waals surface area contributed by atoms with Gasteiger partial charge in [0.05, 0.1) is 12.0 Å². The molecular weight excluding hydrogens is 300 g/mol. The van der Waals surface area contributed by atoms with Crippen LogP contribution in [0.4, 0.5) is 0 Å². The van der Waals surface area contributed by atoms with Crippen LogP contribution in [-0.2, 0) is 10.0 Å². The minimum atomic E-state index is -3.38. The number of halogens is 1. The molecule has 0 aromatic heterocycles. The van der Waals surface area contributed by atoms with Crippen LogP contribution in [0.1, 0.15) is 6.42 Å². The molecule has 1 aliphatic heterocycles. The Morgan fingerprint density at radius 1 is 1.05 bits per heavy atom. The van der Waals surface area contributed by atoms with Crippen molar-refractivity contribution in [1.29, 1.82) is 0 Å². The summed E-state index contributed by atoms with van der Waals surface area (Å²) < 4.78 is 31.6. The fourth-order valence-electron chi connectivity index (χ4n) is 2.16. The monoisotopic (exact) mass is 320 g/mol. The Morgan fingerprint density at radius 2 is 1.70 bits per heavy atom. The zero-order valence-corrected chi connectivity index (χ0v) is 13.4. The van der Waals surface area contributed by atoms with E-state index >= 15 is 0 Å². The Kier molecular flexibility index (Phi) is 6.26. The van der Waals surface area contributed by atoms with E-state index in [1.807, 2.05) is 7.05 Å². The molecule has 1 aromatic carbocycles. The second kappa shape index (κ2) is 7.26. The molecule has 1 aliphatic rings. The average Bonchev–Trinajstić information content (AvgIpc) is 2.64. The predicted molar refractivity (Wildman–Crippen MR) is 81.1 cm³/mol. The molecule has 1 saturated heterocycles. The molecule has 0 atom stereocenters. The molecule has 1 fully saturated rings. The van der Waals surface area contributed by atoms with Gasteiger partial charge in [-0.3, -0.25) is 0 Å². The van der Waals surface area contributed by atoms with Gasteiger partial charge in [0, 0.05) is 19.6 Å². The Morgan fingerprint density at radius 3 is 2.30 bits per heavy atom. The summed E-state index contributed by atoms with van der Waals surface area (Å²) in [6.07, 6.45) is 0.867. The number of rotatable bonds is 3. The highest BCUT2D eigenvalue weighted by molar-refractivity contribution is 7.89. The van der Waals surface area contributed by atoms with E-state index < -0.39 is 10.0 Å². The summed E-state index contributed by atoms with van der Waals surface area (Å²) in [5.41, 5.74) is 0. The van der Waals surface area contributed by atoms with Crippen molar-refractivity contribution < 1.29 is 13.2 Å². The van der Waals surface area contributed by atoms with Crippen LogP contribution in [0.25, 0.3) is 0 Å². The van der Waals surface area contributed by atoms with Crippen LogP contribution in [-0.4, -0.2) is 58.0 Å². The SMILES string of the molecule is COc1ccc(S(=O)(=O)N2CCCN(C)CC2)cc1.Cl. The quantitative estimate of drug-likeness (QED) is 0.845. The predicted octanol–water partition coefficient (Wildman–Crippen LogP) is 1.44. The van der Waals surface area contributed by atoms with Crippen molar-refractivity contribution in [3.05, 3.63) is 24.3 Å². The maximum Gasteiger partial charge on any atom is 0.243 e. The van der Waals surface area contributed by atoms with Crippen molar-refractivity contribution >= 4 is 22.4 Å². The van der Waals surface area contributed by atoms with Gasteiger partial charge >= 0.3 is 0 Å². The average molecular weight is 321 g/mol. The number of benzene rings is 1. The molecule has 2 rings (SSSR count). The number of sulfonamides is 1. The van der Waals surface area contributed by atoms with Crippen LogP contribution in [0.5, 0.6) is 5.75 Å². The van der Waals surface area contributed by atoms with Gasteiger partial charge in [-0.05, 0) is 44.3 Å². The van der Waals surface area contributed by atoms with E-state index in [9.17, 15) is 8.42 Å². The highest BCUT2D eigenvalue weighted by atomic mass is 35.5. The van der Waals surface area contributed by atoms with Crippen LogP contribution in [0, 0.1) is 0 Å². The van der Waals surface area contributed by atoms with Gasteiger partial charge in [0.1, 0.15) is 5.75 Å². The number of methoxy groups -OCH3 is 1. The maximum atomic E-state index is 12.5. The molecule has 0 unspecified atom stereocenters. The normalized spacial score (nSPS) is 18.1. The maximum absolute atomic E-state index is 12.5. The van der Waals surface area contributed by atoms with Crippen LogP contribution in [0.3, 0.4) is 0 Å². The second-order valence-electron chi connectivity index (χ2n) is 4.74.